The second-order valence-corrected chi connectivity index (χ2v) is 4.40. The van der Waals surface area contributed by atoms with E-state index in [9.17, 15) is 14.0 Å². The number of fused-ring (bicyclic) bond motifs is 1. The van der Waals surface area contributed by atoms with E-state index in [1.807, 2.05) is 0 Å². The van der Waals surface area contributed by atoms with Gasteiger partial charge in [0.2, 0.25) is 5.91 Å². The highest BCUT2D eigenvalue weighted by atomic mass is 19.1. The third-order valence-corrected chi connectivity index (χ3v) is 3.05. The summed E-state index contributed by atoms with van der Waals surface area (Å²) in [7, 11) is 1.68. The molecule has 0 spiro atoms. The van der Waals surface area contributed by atoms with Crippen molar-refractivity contribution in [3.05, 3.63) is 35.8 Å². The number of rotatable bonds is 4. The summed E-state index contributed by atoms with van der Waals surface area (Å²) in [5.41, 5.74) is 0.947. The van der Waals surface area contributed by atoms with Gasteiger partial charge in [0.05, 0.1) is 12.1 Å². The molecule has 2 rings (SSSR count). The molecular formula is C14H16FN3O2. The molecule has 0 aliphatic heterocycles. The number of aromatic nitrogens is 1. The van der Waals surface area contributed by atoms with E-state index in [1.165, 1.54) is 12.1 Å². The van der Waals surface area contributed by atoms with E-state index in [0.717, 1.165) is 0 Å². The van der Waals surface area contributed by atoms with Gasteiger partial charge in [0.15, 0.2) is 0 Å². The molecule has 2 amide bonds. The van der Waals surface area contributed by atoms with Crippen LogP contribution in [0.25, 0.3) is 10.9 Å². The van der Waals surface area contributed by atoms with Crippen LogP contribution in [0.3, 0.4) is 0 Å². The zero-order chi connectivity index (χ0) is 14.7. The quantitative estimate of drug-likeness (QED) is 0.881. The number of halogens is 1. The molecule has 0 radical (unpaired) electrons. The van der Waals surface area contributed by atoms with Crippen LogP contribution in [0.2, 0.25) is 0 Å². The van der Waals surface area contributed by atoms with Gasteiger partial charge in [-0.25, -0.2) is 4.39 Å². The lowest BCUT2D eigenvalue weighted by molar-refractivity contribution is -0.120. The molecular weight excluding hydrogens is 261 g/mol. The Kier molecular flexibility index (Phi) is 4.02. The lowest BCUT2D eigenvalue weighted by Crippen LogP contribution is -2.37. The van der Waals surface area contributed by atoms with Gasteiger partial charge in [-0.1, -0.05) is 6.07 Å². The summed E-state index contributed by atoms with van der Waals surface area (Å²) in [5.74, 6) is -1.04. The van der Waals surface area contributed by atoms with Crippen molar-refractivity contribution in [1.82, 2.24) is 15.2 Å². The van der Waals surface area contributed by atoms with Gasteiger partial charge in [0.25, 0.3) is 5.91 Å². The fourth-order valence-electron chi connectivity index (χ4n) is 2.05. The van der Waals surface area contributed by atoms with Crippen LogP contribution in [-0.4, -0.2) is 29.5 Å². The average Bonchev–Trinajstić information content (AvgIpc) is 2.76. The van der Waals surface area contributed by atoms with Crippen LogP contribution < -0.4 is 10.6 Å². The van der Waals surface area contributed by atoms with Gasteiger partial charge in [-0.2, -0.15) is 0 Å². The van der Waals surface area contributed by atoms with E-state index in [1.54, 1.807) is 30.7 Å². The van der Waals surface area contributed by atoms with E-state index >= 15 is 0 Å². The molecule has 1 aromatic heterocycles. The van der Waals surface area contributed by atoms with Crippen molar-refractivity contribution in [2.24, 2.45) is 7.05 Å². The monoisotopic (exact) mass is 277 g/mol. The van der Waals surface area contributed by atoms with Crippen molar-refractivity contribution in [2.75, 3.05) is 13.1 Å². The molecule has 0 atom stereocenters. The minimum absolute atomic E-state index is 0.101. The Labute approximate surface area is 115 Å². The van der Waals surface area contributed by atoms with Crippen LogP contribution in [0, 0.1) is 5.82 Å². The van der Waals surface area contributed by atoms with Gasteiger partial charge in [-0.15, -0.1) is 0 Å². The smallest absolute Gasteiger partial charge is 0.268 e. The fourth-order valence-corrected chi connectivity index (χ4v) is 2.05. The first kappa shape index (κ1) is 14.0. The van der Waals surface area contributed by atoms with E-state index in [2.05, 4.69) is 10.6 Å². The maximum Gasteiger partial charge on any atom is 0.268 e. The SMILES string of the molecule is CCNC(=O)CNC(=O)c1cc2c(F)cccc2n1C. The normalized spacial score (nSPS) is 10.6. The summed E-state index contributed by atoms with van der Waals surface area (Å²) >= 11 is 0. The number of carbonyl (C=O) groups is 2. The lowest BCUT2D eigenvalue weighted by Gasteiger charge is -2.06. The van der Waals surface area contributed by atoms with Crippen molar-refractivity contribution < 1.29 is 14.0 Å². The van der Waals surface area contributed by atoms with Crippen molar-refractivity contribution in [3.8, 4) is 0 Å². The summed E-state index contributed by atoms with van der Waals surface area (Å²) < 4.78 is 15.3. The Balaban J connectivity index is 2.20. The summed E-state index contributed by atoms with van der Waals surface area (Å²) in [4.78, 5) is 23.3. The Hall–Kier alpha value is -2.37. The van der Waals surface area contributed by atoms with Crippen molar-refractivity contribution >= 4 is 22.7 Å². The van der Waals surface area contributed by atoms with Crippen LogP contribution in [0.15, 0.2) is 24.3 Å². The van der Waals surface area contributed by atoms with Crippen molar-refractivity contribution in [2.45, 2.75) is 6.92 Å². The van der Waals surface area contributed by atoms with Crippen LogP contribution in [0.5, 0.6) is 0 Å². The summed E-state index contributed by atoms with van der Waals surface area (Å²) in [5, 5.41) is 5.48. The van der Waals surface area contributed by atoms with E-state index in [4.69, 9.17) is 0 Å². The molecule has 2 aromatic rings. The predicted octanol–water partition coefficient (Wildman–Crippen LogP) is 1.18. The average molecular weight is 277 g/mol. The topological polar surface area (TPSA) is 63.1 Å². The zero-order valence-electron chi connectivity index (χ0n) is 11.4. The van der Waals surface area contributed by atoms with E-state index < -0.39 is 5.91 Å². The summed E-state index contributed by atoms with van der Waals surface area (Å²) in [6.07, 6.45) is 0. The second-order valence-electron chi connectivity index (χ2n) is 4.40. The Morgan fingerprint density at radius 2 is 2.05 bits per heavy atom. The fraction of sp³-hybridized carbons (Fsp3) is 0.286. The molecule has 5 nitrogen and oxygen atoms in total. The minimum atomic E-state index is -0.408. The van der Waals surface area contributed by atoms with Gasteiger partial charge in [-0.3, -0.25) is 9.59 Å². The largest absolute Gasteiger partial charge is 0.355 e. The molecule has 1 heterocycles. The predicted molar refractivity (Wildman–Crippen MR) is 73.9 cm³/mol. The lowest BCUT2D eigenvalue weighted by atomic mass is 10.2. The Morgan fingerprint density at radius 3 is 2.70 bits per heavy atom. The third-order valence-electron chi connectivity index (χ3n) is 3.05. The number of benzene rings is 1. The van der Waals surface area contributed by atoms with Crippen molar-refractivity contribution in [1.29, 1.82) is 0 Å². The molecule has 0 saturated heterocycles. The first-order chi connectivity index (χ1) is 9.54. The van der Waals surface area contributed by atoms with Crippen LogP contribution in [0.4, 0.5) is 4.39 Å². The van der Waals surface area contributed by atoms with Crippen LogP contribution >= 0.6 is 0 Å². The second kappa shape index (κ2) is 5.73. The van der Waals surface area contributed by atoms with E-state index in [0.29, 0.717) is 23.1 Å². The molecule has 0 aliphatic rings. The number of carbonyl (C=O) groups excluding carboxylic acids is 2. The highest BCUT2D eigenvalue weighted by Crippen LogP contribution is 2.21. The van der Waals surface area contributed by atoms with Crippen molar-refractivity contribution in [3.63, 3.8) is 0 Å². The van der Waals surface area contributed by atoms with Gasteiger partial charge in [0, 0.05) is 19.0 Å². The molecule has 0 saturated carbocycles. The highest BCUT2D eigenvalue weighted by molar-refractivity contribution is 6.00. The highest BCUT2D eigenvalue weighted by Gasteiger charge is 2.15. The molecule has 0 fully saturated rings. The third kappa shape index (κ3) is 2.64. The number of amides is 2. The van der Waals surface area contributed by atoms with Gasteiger partial charge in [-0.05, 0) is 25.1 Å². The maximum absolute atomic E-state index is 13.6. The van der Waals surface area contributed by atoms with Crippen LogP contribution in [-0.2, 0) is 11.8 Å². The van der Waals surface area contributed by atoms with Gasteiger partial charge >= 0.3 is 0 Å². The number of hydrogen-bond acceptors (Lipinski definition) is 2. The summed E-state index contributed by atoms with van der Waals surface area (Å²) in [6, 6.07) is 6.16. The van der Waals surface area contributed by atoms with Gasteiger partial charge < -0.3 is 15.2 Å². The van der Waals surface area contributed by atoms with E-state index in [-0.39, 0.29) is 18.3 Å². The first-order valence-corrected chi connectivity index (χ1v) is 6.33. The molecule has 0 aliphatic carbocycles. The number of likely N-dealkylation sites (N-methyl/N-ethyl adjacent to an activating group) is 1. The standard InChI is InChI=1S/C14H16FN3O2/c1-3-16-13(19)8-17-14(20)12-7-9-10(15)5-4-6-11(9)18(12)2/h4-7H,3,8H2,1-2H3,(H,16,19)(H,17,20). The molecule has 2 N–H and O–H groups in total. The molecule has 1 aromatic carbocycles. The van der Waals surface area contributed by atoms with Crippen LogP contribution in [0.1, 0.15) is 17.4 Å². The number of nitrogens with one attached hydrogen (secondary N) is 2. The maximum atomic E-state index is 13.6. The molecule has 106 valence electrons. The first-order valence-electron chi connectivity index (χ1n) is 6.33. The summed E-state index contributed by atoms with van der Waals surface area (Å²) in [6.45, 7) is 2.21. The number of hydrogen-bond donors (Lipinski definition) is 2. The molecule has 0 unspecified atom stereocenters. The minimum Gasteiger partial charge on any atom is -0.355 e. The number of aryl methyl sites for hydroxylation is 1. The zero-order valence-corrected chi connectivity index (χ0v) is 11.4. The Bertz CT molecular complexity index is 664. The van der Waals surface area contributed by atoms with Gasteiger partial charge in [0.1, 0.15) is 11.5 Å². The molecule has 0 bridgehead atoms. The Morgan fingerprint density at radius 1 is 1.30 bits per heavy atom. The number of nitrogens with zero attached hydrogens (tertiary/aromatic N) is 1. The molecule has 20 heavy (non-hydrogen) atoms. The molecule has 6 heteroatoms.